The number of fused-ring (bicyclic) bond motifs is 1. The van der Waals surface area contributed by atoms with E-state index in [2.05, 4.69) is 5.10 Å². The zero-order chi connectivity index (χ0) is 24.1. The number of ether oxygens (including phenoxy) is 2. The third-order valence-electron chi connectivity index (χ3n) is 5.04. The lowest BCUT2D eigenvalue weighted by Crippen LogP contribution is -2.28. The largest absolute Gasteiger partial charge is 0.478 e. The molecule has 172 valence electrons. The van der Waals surface area contributed by atoms with Crippen LogP contribution < -0.4 is 14.4 Å². The van der Waals surface area contributed by atoms with E-state index in [4.69, 9.17) is 21.1 Å². The highest BCUT2D eigenvalue weighted by Gasteiger charge is 2.38. The molecule has 1 N–H and O–H groups in total. The number of hydrogen-bond acceptors (Lipinski definition) is 5. The van der Waals surface area contributed by atoms with Gasteiger partial charge < -0.3 is 19.5 Å². The molecule has 12 heteroatoms. The predicted molar refractivity (Wildman–Crippen MR) is 111 cm³/mol. The molecule has 1 amide bonds. The molecule has 4 rings (SSSR count). The number of alkyl halides is 3. The molecule has 0 unspecified atom stereocenters. The van der Waals surface area contributed by atoms with Crippen molar-refractivity contribution in [1.82, 2.24) is 9.78 Å². The minimum Gasteiger partial charge on any atom is -0.478 e. The molecule has 0 radical (unpaired) electrons. The van der Waals surface area contributed by atoms with Crippen LogP contribution in [0, 0.1) is 6.92 Å². The van der Waals surface area contributed by atoms with E-state index in [0.29, 0.717) is 0 Å². The third-order valence-corrected chi connectivity index (χ3v) is 5.49. The van der Waals surface area contributed by atoms with Gasteiger partial charge in [-0.1, -0.05) is 17.7 Å². The fourth-order valence-corrected chi connectivity index (χ4v) is 3.59. The van der Waals surface area contributed by atoms with Gasteiger partial charge in [0, 0.05) is 24.7 Å². The number of anilines is 1. The molecule has 0 bridgehead atoms. The van der Waals surface area contributed by atoms with Crippen LogP contribution in [0.3, 0.4) is 0 Å². The summed E-state index contributed by atoms with van der Waals surface area (Å²) < 4.78 is 51.0. The van der Waals surface area contributed by atoms with Gasteiger partial charge in [0.25, 0.3) is 5.91 Å². The molecule has 0 saturated heterocycles. The summed E-state index contributed by atoms with van der Waals surface area (Å²) in [6.07, 6.45) is -4.74. The fourth-order valence-electron chi connectivity index (χ4n) is 3.37. The van der Waals surface area contributed by atoms with Crippen LogP contribution in [0.1, 0.15) is 32.1 Å². The summed E-state index contributed by atoms with van der Waals surface area (Å²) in [6, 6.07) is 8.35. The van der Waals surface area contributed by atoms with Gasteiger partial charge in [0.2, 0.25) is 6.79 Å². The first-order valence-electron chi connectivity index (χ1n) is 9.36. The van der Waals surface area contributed by atoms with Crippen LogP contribution in [0.5, 0.6) is 11.5 Å². The number of carboxylic acid groups (broad SMARTS) is 1. The van der Waals surface area contributed by atoms with Crippen LogP contribution in [-0.4, -0.2) is 40.6 Å². The highest BCUT2D eigenvalue weighted by atomic mass is 35.5. The summed E-state index contributed by atoms with van der Waals surface area (Å²) in [6.45, 7) is 1.29. The topological polar surface area (TPSA) is 93.9 Å². The number of carbonyl (C=O) groups is 2. The summed E-state index contributed by atoms with van der Waals surface area (Å²) in [5, 5.41) is 12.6. The Morgan fingerprint density at radius 2 is 1.85 bits per heavy atom. The van der Waals surface area contributed by atoms with Crippen molar-refractivity contribution in [3.63, 3.8) is 0 Å². The second-order valence-corrected chi connectivity index (χ2v) is 7.48. The molecular weight excluding hydrogens is 467 g/mol. The van der Waals surface area contributed by atoms with Gasteiger partial charge in [0.1, 0.15) is 0 Å². The Labute approximate surface area is 189 Å². The Morgan fingerprint density at radius 1 is 1.18 bits per heavy atom. The number of rotatable bonds is 4. The zero-order valence-electron chi connectivity index (χ0n) is 17.1. The van der Waals surface area contributed by atoms with Crippen molar-refractivity contribution in [3.05, 3.63) is 63.9 Å². The van der Waals surface area contributed by atoms with Crippen LogP contribution in [0.4, 0.5) is 18.9 Å². The zero-order valence-corrected chi connectivity index (χ0v) is 17.9. The Kier molecular flexibility index (Phi) is 5.44. The van der Waals surface area contributed by atoms with E-state index < -0.39 is 28.8 Å². The number of nitrogens with zero attached hydrogens (tertiary/aromatic N) is 3. The lowest BCUT2D eigenvalue weighted by Gasteiger charge is -2.20. The van der Waals surface area contributed by atoms with Crippen LogP contribution in [0.25, 0.3) is 5.69 Å². The summed E-state index contributed by atoms with van der Waals surface area (Å²) in [5.41, 5.74) is -1.06. The molecule has 1 aliphatic heterocycles. The van der Waals surface area contributed by atoms with Crippen LogP contribution in [0.15, 0.2) is 36.4 Å². The van der Waals surface area contributed by atoms with Crippen molar-refractivity contribution in [3.8, 4) is 17.2 Å². The molecule has 0 saturated carbocycles. The van der Waals surface area contributed by atoms with Crippen LogP contribution in [-0.2, 0) is 6.18 Å². The van der Waals surface area contributed by atoms with E-state index in [9.17, 15) is 27.9 Å². The molecule has 1 aromatic heterocycles. The quantitative estimate of drug-likeness (QED) is 0.587. The first kappa shape index (κ1) is 22.5. The maximum absolute atomic E-state index is 13.2. The number of aromatic carboxylic acids is 1. The molecule has 2 aromatic carbocycles. The highest BCUT2D eigenvalue weighted by molar-refractivity contribution is 6.32. The van der Waals surface area contributed by atoms with Gasteiger partial charge in [0.15, 0.2) is 17.2 Å². The average molecular weight is 482 g/mol. The SMILES string of the molecule is Cc1c(Cl)c(C(F)(F)F)nn1-c1cccc(C(=O)N(C)c2cc3c(cc2C(=O)O)OCO3)c1. The van der Waals surface area contributed by atoms with Gasteiger partial charge in [-0.25, -0.2) is 9.48 Å². The minimum absolute atomic E-state index is 0.0471. The van der Waals surface area contributed by atoms with Gasteiger partial charge >= 0.3 is 12.1 Å². The molecule has 0 spiro atoms. The minimum atomic E-state index is -4.74. The van der Waals surface area contributed by atoms with Gasteiger partial charge in [0.05, 0.1) is 27.7 Å². The fraction of sp³-hybridized carbons (Fsp3) is 0.190. The number of hydrogen-bond donors (Lipinski definition) is 1. The Balaban J connectivity index is 1.72. The molecule has 0 aliphatic carbocycles. The van der Waals surface area contributed by atoms with Gasteiger partial charge in [-0.15, -0.1) is 0 Å². The van der Waals surface area contributed by atoms with E-state index in [-0.39, 0.29) is 46.5 Å². The number of carboxylic acids is 1. The number of benzene rings is 2. The summed E-state index contributed by atoms with van der Waals surface area (Å²) in [5.74, 6) is -1.36. The lowest BCUT2D eigenvalue weighted by molar-refractivity contribution is -0.141. The number of aromatic nitrogens is 2. The second kappa shape index (κ2) is 8.00. The smallest absolute Gasteiger partial charge is 0.436 e. The highest BCUT2D eigenvalue weighted by Crippen LogP contribution is 2.39. The molecule has 33 heavy (non-hydrogen) atoms. The number of amides is 1. The maximum Gasteiger partial charge on any atom is 0.436 e. The molecule has 0 fully saturated rings. The van der Waals surface area contributed by atoms with Crippen molar-refractivity contribution in [2.75, 3.05) is 18.7 Å². The first-order chi connectivity index (χ1) is 15.5. The molecule has 0 atom stereocenters. The van der Waals surface area contributed by atoms with Crippen molar-refractivity contribution >= 4 is 29.2 Å². The van der Waals surface area contributed by atoms with Crippen molar-refractivity contribution in [1.29, 1.82) is 0 Å². The summed E-state index contributed by atoms with van der Waals surface area (Å²) >= 11 is 5.82. The number of carbonyl (C=O) groups excluding carboxylic acids is 1. The monoisotopic (exact) mass is 481 g/mol. The lowest BCUT2D eigenvalue weighted by atomic mass is 10.1. The van der Waals surface area contributed by atoms with Crippen LogP contribution in [0.2, 0.25) is 5.02 Å². The Hall–Kier alpha value is -3.73. The average Bonchev–Trinajstić information content (AvgIpc) is 3.35. The van der Waals surface area contributed by atoms with Crippen molar-refractivity contribution in [2.45, 2.75) is 13.1 Å². The number of halogens is 4. The van der Waals surface area contributed by atoms with Gasteiger partial charge in [-0.2, -0.15) is 18.3 Å². The molecule has 2 heterocycles. The Bertz CT molecular complexity index is 1290. The van der Waals surface area contributed by atoms with Crippen molar-refractivity contribution < 1.29 is 37.3 Å². The molecule has 8 nitrogen and oxygen atoms in total. The van der Waals surface area contributed by atoms with Gasteiger partial charge in [-0.05, 0) is 25.1 Å². The Morgan fingerprint density at radius 3 is 2.45 bits per heavy atom. The van der Waals surface area contributed by atoms with E-state index in [1.54, 1.807) is 0 Å². The first-order valence-corrected chi connectivity index (χ1v) is 9.74. The maximum atomic E-state index is 13.2. The third kappa shape index (κ3) is 3.95. The predicted octanol–water partition coefficient (Wildman–Crippen LogP) is 4.56. The van der Waals surface area contributed by atoms with Gasteiger partial charge in [-0.3, -0.25) is 4.79 Å². The van der Waals surface area contributed by atoms with Crippen LogP contribution >= 0.6 is 11.6 Å². The van der Waals surface area contributed by atoms with E-state index in [1.807, 2.05) is 0 Å². The summed E-state index contributed by atoms with van der Waals surface area (Å²) in [7, 11) is 1.37. The normalized spacial score (nSPS) is 12.7. The second-order valence-electron chi connectivity index (χ2n) is 7.10. The molecule has 3 aromatic rings. The van der Waals surface area contributed by atoms with E-state index in [1.165, 1.54) is 50.4 Å². The molecular formula is C21H15ClF3N3O5. The van der Waals surface area contributed by atoms with E-state index in [0.717, 1.165) is 9.58 Å². The van der Waals surface area contributed by atoms with Crippen molar-refractivity contribution in [2.24, 2.45) is 0 Å². The standard InChI is InChI=1S/C21H15ClF3N3O5/c1-10-17(22)18(21(23,24)25)26-28(10)12-5-3-4-11(6-12)19(29)27(2)14-8-16-15(32-9-33-16)7-13(14)20(30)31/h3-8H,9H2,1-2H3,(H,30,31). The summed E-state index contributed by atoms with van der Waals surface area (Å²) in [4.78, 5) is 26.0. The van der Waals surface area contributed by atoms with E-state index >= 15 is 0 Å². The molecule has 1 aliphatic rings.